The lowest BCUT2D eigenvalue weighted by Gasteiger charge is -2.12. The van der Waals surface area contributed by atoms with Gasteiger partial charge < -0.3 is 15.7 Å². The molecule has 2 amide bonds. The average molecular weight is 242 g/mol. The Bertz CT molecular complexity index is 351. The zero-order valence-electron chi connectivity index (χ0n) is 8.90. The van der Waals surface area contributed by atoms with E-state index in [1.807, 2.05) is 16.8 Å². The molecule has 0 aliphatic carbocycles. The molecule has 16 heavy (non-hydrogen) atoms. The first-order valence-corrected chi connectivity index (χ1v) is 5.86. The van der Waals surface area contributed by atoms with Crippen LogP contribution in [0.15, 0.2) is 16.8 Å². The Morgan fingerprint density at radius 3 is 2.81 bits per heavy atom. The number of hydrogen-bond donors (Lipinski definition) is 3. The molecule has 1 aromatic heterocycles. The van der Waals surface area contributed by atoms with Crippen LogP contribution >= 0.6 is 11.3 Å². The number of carbonyl (C=O) groups is 2. The molecule has 0 aliphatic rings. The molecule has 0 fully saturated rings. The highest BCUT2D eigenvalue weighted by Gasteiger charge is 2.16. The molecule has 1 aromatic rings. The van der Waals surface area contributed by atoms with Crippen LogP contribution in [0, 0.1) is 0 Å². The van der Waals surface area contributed by atoms with E-state index >= 15 is 0 Å². The number of rotatable bonds is 5. The van der Waals surface area contributed by atoms with Crippen molar-refractivity contribution in [1.82, 2.24) is 10.6 Å². The molecule has 0 aliphatic heterocycles. The summed E-state index contributed by atoms with van der Waals surface area (Å²) in [7, 11) is 0. The third-order valence-electron chi connectivity index (χ3n) is 2.04. The lowest BCUT2D eigenvalue weighted by molar-refractivity contribution is -0.139. The van der Waals surface area contributed by atoms with Crippen molar-refractivity contribution in [1.29, 1.82) is 0 Å². The van der Waals surface area contributed by atoms with Crippen molar-refractivity contribution in [3.8, 4) is 0 Å². The van der Waals surface area contributed by atoms with Gasteiger partial charge in [-0.05, 0) is 28.8 Å². The van der Waals surface area contributed by atoms with Gasteiger partial charge in [0.1, 0.15) is 6.04 Å². The highest BCUT2D eigenvalue weighted by molar-refractivity contribution is 7.07. The SMILES string of the molecule is CC[C@H](NC(=O)NCc1ccsc1)C(=O)O. The van der Waals surface area contributed by atoms with E-state index in [0.717, 1.165) is 5.56 Å². The second-order valence-corrected chi connectivity index (χ2v) is 4.04. The van der Waals surface area contributed by atoms with Crippen LogP contribution in [0.25, 0.3) is 0 Å². The lowest BCUT2D eigenvalue weighted by atomic mass is 10.2. The molecule has 0 saturated heterocycles. The van der Waals surface area contributed by atoms with E-state index < -0.39 is 18.0 Å². The van der Waals surface area contributed by atoms with Crippen molar-refractivity contribution < 1.29 is 14.7 Å². The predicted molar refractivity (Wildman–Crippen MR) is 61.4 cm³/mol. The van der Waals surface area contributed by atoms with Gasteiger partial charge in [0.25, 0.3) is 0 Å². The number of aliphatic carboxylic acids is 1. The minimum absolute atomic E-state index is 0.362. The summed E-state index contributed by atoms with van der Waals surface area (Å²) in [5.41, 5.74) is 1.00. The predicted octanol–water partition coefficient (Wildman–Crippen LogP) is 1.41. The molecular weight excluding hydrogens is 228 g/mol. The van der Waals surface area contributed by atoms with E-state index in [4.69, 9.17) is 5.11 Å². The largest absolute Gasteiger partial charge is 0.480 e. The molecule has 0 unspecified atom stereocenters. The van der Waals surface area contributed by atoms with Gasteiger partial charge in [-0.2, -0.15) is 11.3 Å². The van der Waals surface area contributed by atoms with Gasteiger partial charge in [-0.1, -0.05) is 6.92 Å². The topological polar surface area (TPSA) is 78.4 Å². The van der Waals surface area contributed by atoms with Gasteiger partial charge in [0.05, 0.1) is 0 Å². The second kappa shape index (κ2) is 6.12. The zero-order chi connectivity index (χ0) is 12.0. The van der Waals surface area contributed by atoms with Crippen molar-refractivity contribution in [3.63, 3.8) is 0 Å². The Morgan fingerprint density at radius 1 is 1.56 bits per heavy atom. The van der Waals surface area contributed by atoms with Crippen LogP contribution < -0.4 is 10.6 Å². The van der Waals surface area contributed by atoms with Crippen molar-refractivity contribution in [2.75, 3.05) is 0 Å². The summed E-state index contributed by atoms with van der Waals surface area (Å²) in [4.78, 5) is 22.0. The van der Waals surface area contributed by atoms with Crippen LogP contribution in [0.5, 0.6) is 0 Å². The average Bonchev–Trinajstić information content (AvgIpc) is 2.75. The van der Waals surface area contributed by atoms with Gasteiger partial charge >= 0.3 is 12.0 Å². The third kappa shape index (κ3) is 3.90. The molecule has 3 N–H and O–H groups in total. The molecule has 0 spiro atoms. The Morgan fingerprint density at radius 2 is 2.31 bits per heavy atom. The smallest absolute Gasteiger partial charge is 0.326 e. The van der Waals surface area contributed by atoms with Crippen molar-refractivity contribution in [3.05, 3.63) is 22.4 Å². The van der Waals surface area contributed by atoms with Gasteiger partial charge in [-0.25, -0.2) is 9.59 Å². The third-order valence-corrected chi connectivity index (χ3v) is 2.78. The molecule has 5 nitrogen and oxygen atoms in total. The molecule has 88 valence electrons. The van der Waals surface area contributed by atoms with Gasteiger partial charge in [0, 0.05) is 6.54 Å². The number of carboxylic acid groups (broad SMARTS) is 1. The van der Waals surface area contributed by atoms with E-state index in [1.54, 1.807) is 18.3 Å². The highest BCUT2D eigenvalue weighted by Crippen LogP contribution is 2.04. The van der Waals surface area contributed by atoms with Crippen LogP contribution in [0.4, 0.5) is 4.79 Å². The molecule has 0 saturated carbocycles. The normalized spacial score (nSPS) is 11.8. The van der Waals surface area contributed by atoms with Crippen molar-refractivity contribution in [2.24, 2.45) is 0 Å². The number of thiophene rings is 1. The van der Waals surface area contributed by atoms with E-state index in [1.165, 1.54) is 0 Å². The van der Waals surface area contributed by atoms with Crippen molar-refractivity contribution >= 4 is 23.3 Å². The van der Waals surface area contributed by atoms with Crippen LogP contribution in [0.3, 0.4) is 0 Å². The molecule has 1 heterocycles. The Kier molecular flexibility index (Phi) is 4.78. The summed E-state index contributed by atoms with van der Waals surface area (Å²) in [6.45, 7) is 2.11. The molecule has 1 atom stereocenters. The molecule has 0 radical (unpaired) electrons. The fraction of sp³-hybridized carbons (Fsp3) is 0.400. The quantitative estimate of drug-likeness (QED) is 0.730. The van der Waals surface area contributed by atoms with Crippen LogP contribution in [-0.4, -0.2) is 23.1 Å². The fourth-order valence-corrected chi connectivity index (χ4v) is 1.79. The van der Waals surface area contributed by atoms with Gasteiger partial charge in [-0.15, -0.1) is 0 Å². The summed E-state index contributed by atoms with van der Waals surface area (Å²) < 4.78 is 0. The minimum atomic E-state index is -1.02. The zero-order valence-corrected chi connectivity index (χ0v) is 9.71. The van der Waals surface area contributed by atoms with Crippen LogP contribution in [0.1, 0.15) is 18.9 Å². The summed E-state index contributed by atoms with van der Waals surface area (Å²) >= 11 is 1.55. The monoisotopic (exact) mass is 242 g/mol. The van der Waals surface area contributed by atoms with Gasteiger partial charge in [0.15, 0.2) is 0 Å². The van der Waals surface area contributed by atoms with E-state index in [2.05, 4.69) is 10.6 Å². The number of carbonyl (C=O) groups excluding carboxylic acids is 1. The number of nitrogens with one attached hydrogen (secondary N) is 2. The minimum Gasteiger partial charge on any atom is -0.480 e. The van der Waals surface area contributed by atoms with Crippen molar-refractivity contribution in [2.45, 2.75) is 25.9 Å². The van der Waals surface area contributed by atoms with Gasteiger partial charge in [-0.3, -0.25) is 0 Å². The van der Waals surface area contributed by atoms with E-state index in [9.17, 15) is 9.59 Å². The Balaban J connectivity index is 2.33. The molecule has 1 rings (SSSR count). The Labute approximate surface area is 97.5 Å². The second-order valence-electron chi connectivity index (χ2n) is 3.26. The van der Waals surface area contributed by atoms with E-state index in [-0.39, 0.29) is 0 Å². The Hall–Kier alpha value is -1.56. The molecule has 0 aromatic carbocycles. The number of amides is 2. The maximum absolute atomic E-state index is 11.3. The summed E-state index contributed by atoms with van der Waals surface area (Å²) in [6, 6.07) is 0.613. The summed E-state index contributed by atoms with van der Waals surface area (Å²) in [6.07, 6.45) is 0.362. The maximum atomic E-state index is 11.3. The molecule has 6 heteroatoms. The highest BCUT2D eigenvalue weighted by atomic mass is 32.1. The number of urea groups is 1. The lowest BCUT2D eigenvalue weighted by Crippen LogP contribution is -2.45. The molecular formula is C10H14N2O3S. The molecule has 0 bridgehead atoms. The first-order chi connectivity index (χ1) is 7.63. The fourth-order valence-electron chi connectivity index (χ4n) is 1.12. The number of carboxylic acids is 1. The standard InChI is InChI=1S/C10H14N2O3S/c1-2-8(9(13)14)12-10(15)11-5-7-3-4-16-6-7/h3-4,6,8H,2,5H2,1H3,(H,13,14)(H2,11,12,15)/t8-/m0/s1. The number of hydrogen-bond acceptors (Lipinski definition) is 3. The first-order valence-electron chi connectivity index (χ1n) is 4.91. The van der Waals surface area contributed by atoms with Gasteiger partial charge in [0.2, 0.25) is 0 Å². The summed E-state index contributed by atoms with van der Waals surface area (Å²) in [5.74, 6) is -1.02. The van der Waals surface area contributed by atoms with Crippen LogP contribution in [-0.2, 0) is 11.3 Å². The maximum Gasteiger partial charge on any atom is 0.326 e. The van der Waals surface area contributed by atoms with Crippen LogP contribution in [0.2, 0.25) is 0 Å². The summed E-state index contributed by atoms with van der Waals surface area (Å²) in [5, 5.41) is 17.6. The first kappa shape index (κ1) is 12.5. The van der Waals surface area contributed by atoms with E-state index in [0.29, 0.717) is 13.0 Å².